The van der Waals surface area contributed by atoms with Gasteiger partial charge in [0.15, 0.2) is 11.6 Å². The molecule has 692 valence electrons. The summed E-state index contributed by atoms with van der Waals surface area (Å²) in [6, 6.07) is 26.9. The highest BCUT2D eigenvalue weighted by atomic mass is 16.7. The molecule has 3 aromatic heterocycles. The van der Waals surface area contributed by atoms with Gasteiger partial charge in [0.05, 0.1) is 59.4 Å². The third-order valence-electron chi connectivity index (χ3n) is 27.3. The van der Waals surface area contributed by atoms with Crippen molar-refractivity contribution in [2.45, 2.75) is 203 Å². The predicted octanol–water partition coefficient (Wildman–Crippen LogP) is 7.48. The zero-order valence-electron chi connectivity index (χ0n) is 74.4. The molecule has 10 aliphatic rings. The molecule has 36 nitrogen and oxygen atoms in total. The number of likely N-dealkylation sites (tertiary alicyclic amines) is 2. The number of para-hydroxylation sites is 1. The van der Waals surface area contributed by atoms with Crippen molar-refractivity contribution in [3.8, 4) is 29.0 Å². The summed E-state index contributed by atoms with van der Waals surface area (Å²) in [5, 5.41) is 50.9. The normalized spacial score (nSPS) is 22.2. The molecule has 8 aliphatic heterocycles. The number of piperazine rings is 2. The number of primary amides is 1. The molecular weight excluding hydrogens is 1660 g/mol. The second kappa shape index (κ2) is 41.9. The Morgan fingerprint density at radius 1 is 0.700 bits per heavy atom. The van der Waals surface area contributed by atoms with E-state index in [2.05, 4.69) is 89.6 Å². The third kappa shape index (κ3) is 22.1. The van der Waals surface area contributed by atoms with E-state index in [9.17, 15) is 53.5 Å². The maximum Gasteiger partial charge on any atom is 0.509 e. The standard InChI is InChI=1S/C94H121N21O15/c1-58(2)83(75-52-79(106-105-75)110-41-29-61(30-42-110)54-109-39-31-68(32-40-109)127-69-48-70(49-69)128-80-47-65(28-37-98-80)113-55-67-14-10-13-66(113)56-114(67)76-51-74(104-107-85(76)96)72-15-6-7-17-78(72)116)88(121)115-57-71(50-77(115)87(120)101-59(3)62-20-18-60(53-95)19-21-62)129-93(126)130-84(89(122)111-45-43-108(4)44-46-111)63-22-24-64(25-23-63)102-86(119)73(16-11-36-100-92(97)125)103-91(124)94(33-12-34-94)90(123)99-35-8-5-9-38-112-81(117)26-27-82(112)118/h6-7,15,17-28,37,47,51-52,58-59,61,66-71,73,77,83-84,116H,5,8-14,16,29-36,38-46,48-50,54-57H2,1-4H3,(H2,96,107)(H,99,123)(H,101,120)(H,102,119)(H,103,124)(H,105,106)(H3,97,100,125)/t59-,66?,67?,69?,70?,71+,73?,77?,83?,84?/m0/s1. The molecule has 11 N–H and O–H groups in total. The van der Waals surface area contributed by atoms with Crippen molar-refractivity contribution in [2.75, 3.05) is 131 Å². The Hall–Kier alpha value is -12.5. The molecule has 6 aromatic rings. The van der Waals surface area contributed by atoms with Crippen molar-refractivity contribution in [1.82, 2.24) is 71.1 Å². The van der Waals surface area contributed by atoms with E-state index in [1.165, 1.54) is 41.3 Å². The van der Waals surface area contributed by atoms with Gasteiger partial charge in [-0.15, -0.1) is 10.2 Å². The molecule has 9 fully saturated rings. The maximum absolute atomic E-state index is 15.5. The quantitative estimate of drug-likeness (QED) is 0.00805. The molecule has 3 aromatic carbocycles. The predicted molar refractivity (Wildman–Crippen MR) is 482 cm³/mol. The first-order chi connectivity index (χ1) is 62.8. The first-order valence-corrected chi connectivity index (χ1v) is 46.1. The van der Waals surface area contributed by atoms with Crippen LogP contribution < -0.4 is 57.5 Å². The Bertz CT molecular complexity index is 5090. The number of nitrogen functional groups attached to an aromatic ring is 1. The number of rotatable bonds is 35. The second-order valence-corrected chi connectivity index (χ2v) is 36.5. The number of aromatic amines is 1. The molecule has 8 atom stereocenters. The van der Waals surface area contributed by atoms with Crippen LogP contribution >= 0.6 is 0 Å². The Balaban J connectivity index is 0.534. The Morgan fingerprint density at radius 2 is 1.41 bits per heavy atom. The van der Waals surface area contributed by atoms with Crippen LogP contribution in [0.5, 0.6) is 11.6 Å². The average Bonchev–Trinajstić information content (AvgIpc) is 1.31. The van der Waals surface area contributed by atoms with Gasteiger partial charge in [0.1, 0.15) is 35.5 Å². The number of likely N-dealkylation sites (N-methyl/N-ethyl adjacent to an activating group) is 1. The van der Waals surface area contributed by atoms with Crippen LogP contribution in [0.1, 0.15) is 177 Å². The number of carbonyl (C=O) groups excluding carboxylic acids is 10. The van der Waals surface area contributed by atoms with Crippen LogP contribution in [0.15, 0.2) is 115 Å². The highest BCUT2D eigenvalue weighted by molar-refractivity contribution is 6.13. The van der Waals surface area contributed by atoms with Crippen molar-refractivity contribution >= 4 is 88.1 Å². The van der Waals surface area contributed by atoms with E-state index in [1.807, 2.05) is 51.4 Å². The van der Waals surface area contributed by atoms with Gasteiger partial charge in [-0.2, -0.15) is 10.4 Å². The molecule has 0 spiro atoms. The van der Waals surface area contributed by atoms with Gasteiger partial charge < -0.3 is 96.4 Å². The van der Waals surface area contributed by atoms with Gasteiger partial charge in [-0.3, -0.25) is 48.4 Å². The number of fused-ring (bicyclic) bond motifs is 4. The van der Waals surface area contributed by atoms with E-state index in [4.69, 9.17) is 35.5 Å². The zero-order chi connectivity index (χ0) is 91.3. The number of carbonyl (C=O) groups is 10. The molecule has 6 unspecified atom stereocenters. The minimum absolute atomic E-state index is 0.0270. The molecule has 11 heterocycles. The number of nitrogens with two attached hydrogens (primary N) is 2. The van der Waals surface area contributed by atoms with E-state index in [-0.39, 0.29) is 123 Å². The summed E-state index contributed by atoms with van der Waals surface area (Å²) < 4.78 is 25.4. The number of phenols is 1. The number of H-pyrrole nitrogens is 1. The number of hydrogen-bond acceptors (Lipinski definition) is 26. The van der Waals surface area contributed by atoms with Crippen molar-refractivity contribution < 1.29 is 72.0 Å². The number of amides is 10. The van der Waals surface area contributed by atoms with Crippen LogP contribution in [-0.2, 0) is 52.6 Å². The third-order valence-corrected chi connectivity index (χ3v) is 27.3. The molecule has 2 saturated carbocycles. The molecule has 10 amide bonds. The van der Waals surface area contributed by atoms with Gasteiger partial charge in [-0.1, -0.05) is 56.7 Å². The average molecular weight is 1790 g/mol. The molecular formula is C94H121N21O15. The van der Waals surface area contributed by atoms with Crippen LogP contribution in [-0.4, -0.2) is 268 Å². The summed E-state index contributed by atoms with van der Waals surface area (Å²) in [6.45, 7) is 13.7. The number of pyridine rings is 1. The number of piperidine rings is 2. The van der Waals surface area contributed by atoms with Gasteiger partial charge in [0, 0.05) is 176 Å². The van der Waals surface area contributed by atoms with Crippen LogP contribution in [0.4, 0.5) is 38.3 Å². The highest BCUT2D eigenvalue weighted by Gasteiger charge is 2.52. The van der Waals surface area contributed by atoms with Gasteiger partial charge in [-0.05, 0) is 170 Å². The van der Waals surface area contributed by atoms with Crippen LogP contribution in [0.2, 0.25) is 0 Å². The molecule has 16 rings (SSSR count). The number of imide groups is 1. The van der Waals surface area contributed by atoms with Gasteiger partial charge in [0.2, 0.25) is 41.5 Å². The molecule has 0 radical (unpaired) electrons. The van der Waals surface area contributed by atoms with Crippen molar-refractivity contribution in [3.63, 3.8) is 0 Å². The number of anilines is 5. The van der Waals surface area contributed by atoms with Crippen molar-refractivity contribution in [1.29, 1.82) is 5.26 Å². The second-order valence-electron chi connectivity index (χ2n) is 36.5. The fourth-order valence-corrected chi connectivity index (χ4v) is 19.5. The summed E-state index contributed by atoms with van der Waals surface area (Å²) in [4.78, 5) is 158. The number of urea groups is 1. The number of aromatic hydroxyl groups is 1. The van der Waals surface area contributed by atoms with Crippen LogP contribution in [0.25, 0.3) is 11.3 Å². The number of nitrogens with one attached hydrogen (secondary N) is 6. The van der Waals surface area contributed by atoms with Crippen LogP contribution in [0, 0.1) is 28.6 Å². The number of phenolic OH excluding ortho intramolecular Hbond substituents is 1. The number of nitriles is 1. The summed E-state index contributed by atoms with van der Waals surface area (Å²) in [5.41, 5.74) is 15.7. The molecule has 2 aliphatic carbocycles. The number of benzene rings is 3. The van der Waals surface area contributed by atoms with E-state index in [0.29, 0.717) is 103 Å². The Labute approximate surface area is 756 Å². The largest absolute Gasteiger partial charge is 0.509 e. The lowest BCUT2D eigenvalue weighted by Gasteiger charge is -2.46. The minimum atomic E-state index is -1.57. The van der Waals surface area contributed by atoms with E-state index in [0.717, 1.165) is 120 Å². The summed E-state index contributed by atoms with van der Waals surface area (Å²) in [7, 11) is 1.93. The van der Waals surface area contributed by atoms with Gasteiger partial charge in [0.25, 0.3) is 17.7 Å². The molecule has 130 heavy (non-hydrogen) atoms. The molecule has 7 saturated heterocycles. The molecule has 36 heteroatoms. The Morgan fingerprint density at radius 3 is 2.11 bits per heavy atom. The smallest absolute Gasteiger partial charge is 0.507 e. The molecule has 2 bridgehead atoms. The van der Waals surface area contributed by atoms with Gasteiger partial charge in [-0.25, -0.2) is 14.6 Å². The fraction of sp³-hybridized carbons (Fsp3) is 0.543. The number of nitrogens with zero attached hydrogens (tertiary/aromatic N) is 13. The Kier molecular flexibility index (Phi) is 29.8. The van der Waals surface area contributed by atoms with E-state index < -0.39 is 89.3 Å². The zero-order valence-corrected chi connectivity index (χ0v) is 74.4. The number of aromatic nitrogens is 5. The summed E-state index contributed by atoms with van der Waals surface area (Å²) >= 11 is 0. The van der Waals surface area contributed by atoms with Crippen molar-refractivity contribution in [2.24, 2.45) is 23.0 Å². The summed E-state index contributed by atoms with van der Waals surface area (Å²) in [6.07, 6.45) is 12.2. The summed E-state index contributed by atoms with van der Waals surface area (Å²) in [5.74, 6) is -2.75. The van der Waals surface area contributed by atoms with Crippen molar-refractivity contribution in [3.05, 3.63) is 138 Å². The number of unbranched alkanes of at least 4 members (excludes halogenated alkanes) is 2. The first kappa shape index (κ1) is 92.2. The number of ether oxygens (including phenoxy) is 4. The first-order valence-electron chi connectivity index (χ1n) is 46.1. The topological polar surface area (TPSA) is 457 Å². The van der Waals surface area contributed by atoms with Gasteiger partial charge >= 0.3 is 12.2 Å². The monoisotopic (exact) mass is 1780 g/mol. The van der Waals surface area contributed by atoms with E-state index >= 15 is 4.79 Å². The minimum Gasteiger partial charge on any atom is -0.507 e. The lowest BCUT2D eigenvalue weighted by atomic mass is 9.67. The lowest BCUT2D eigenvalue weighted by Crippen LogP contribution is -2.58. The van der Waals surface area contributed by atoms with E-state index in [1.54, 1.807) is 48.2 Å². The number of hydrogen-bond donors (Lipinski definition) is 9. The van der Waals surface area contributed by atoms with Crippen LogP contribution in [0.3, 0.4) is 0 Å². The lowest BCUT2D eigenvalue weighted by molar-refractivity contribution is -0.151. The fourth-order valence-electron chi connectivity index (χ4n) is 19.5. The highest BCUT2D eigenvalue weighted by Crippen LogP contribution is 2.44. The SMILES string of the molecule is CC(C)C(C(=O)N1C[C@H](OC(=O)OC(C(=O)N2CCN(C)CC2)c2ccc(NC(=O)C(CCCNC(N)=O)NC(=O)C3(C(=O)NCCCCCN4C(=O)C=CC4=O)CCC3)cc2)CC1C(=O)N[C@@H](C)c1ccc(C#N)cc1)c1cc(N2CCC(CN3CCC(OC4CC(Oc5cc(N6CC7CCCC6CN7c6cc(-c7ccccc7O)nnc6N)ccn5)C4)CC3)CC2)n[nH]1. The maximum atomic E-state index is 15.5.